The smallest absolute Gasteiger partial charge is 0.421 e. The standard InChI is InChI=1S/C19H15F3N4O3/c1-27-13-5-2-11(3-6-13)24-17-14(19(20,21)22)9-23-18(26-17)25-12-4-7-15-16(8-12)29-10-28-15/h2-9H,10H2,1H3,(H2,23,24,25,26). The Morgan fingerprint density at radius 2 is 1.69 bits per heavy atom. The first kappa shape index (κ1) is 18.7. The van der Waals surface area contributed by atoms with Gasteiger partial charge in [0.2, 0.25) is 12.7 Å². The molecule has 29 heavy (non-hydrogen) atoms. The fourth-order valence-electron chi connectivity index (χ4n) is 2.66. The van der Waals surface area contributed by atoms with Crippen molar-refractivity contribution < 1.29 is 27.4 Å². The van der Waals surface area contributed by atoms with Crippen LogP contribution in [0.5, 0.6) is 17.2 Å². The van der Waals surface area contributed by atoms with Crippen molar-refractivity contribution in [1.29, 1.82) is 0 Å². The number of ether oxygens (including phenoxy) is 3. The molecule has 4 rings (SSSR count). The van der Waals surface area contributed by atoms with Crippen LogP contribution in [0, 0.1) is 0 Å². The number of halogens is 3. The topological polar surface area (TPSA) is 77.5 Å². The molecule has 10 heteroatoms. The molecule has 7 nitrogen and oxygen atoms in total. The zero-order chi connectivity index (χ0) is 20.4. The molecule has 1 aliphatic rings. The van der Waals surface area contributed by atoms with Crippen LogP contribution in [0.15, 0.2) is 48.7 Å². The average Bonchev–Trinajstić information content (AvgIpc) is 3.16. The molecular weight excluding hydrogens is 389 g/mol. The number of nitrogens with zero attached hydrogens (tertiary/aromatic N) is 2. The Balaban J connectivity index is 1.62. The lowest BCUT2D eigenvalue weighted by atomic mass is 10.2. The maximum absolute atomic E-state index is 13.4. The van der Waals surface area contributed by atoms with Crippen LogP contribution >= 0.6 is 0 Å². The molecule has 0 aliphatic carbocycles. The molecule has 0 saturated heterocycles. The summed E-state index contributed by atoms with van der Waals surface area (Å²) in [5, 5.41) is 5.56. The van der Waals surface area contributed by atoms with E-state index in [1.54, 1.807) is 42.5 Å². The van der Waals surface area contributed by atoms with E-state index < -0.39 is 11.7 Å². The van der Waals surface area contributed by atoms with Crippen molar-refractivity contribution >= 4 is 23.1 Å². The van der Waals surface area contributed by atoms with Crippen molar-refractivity contribution in [2.75, 3.05) is 24.5 Å². The summed E-state index contributed by atoms with van der Waals surface area (Å²) in [5.74, 6) is 1.32. The van der Waals surface area contributed by atoms with Crippen LogP contribution in [-0.4, -0.2) is 23.9 Å². The van der Waals surface area contributed by atoms with Gasteiger partial charge in [-0.25, -0.2) is 4.98 Å². The van der Waals surface area contributed by atoms with Gasteiger partial charge in [-0.05, 0) is 36.4 Å². The van der Waals surface area contributed by atoms with Crippen LogP contribution in [0.25, 0.3) is 0 Å². The van der Waals surface area contributed by atoms with Crippen molar-refractivity contribution in [3.05, 3.63) is 54.2 Å². The van der Waals surface area contributed by atoms with Crippen LogP contribution in [0.4, 0.5) is 36.3 Å². The van der Waals surface area contributed by atoms with Crippen molar-refractivity contribution in [2.24, 2.45) is 0 Å². The Kier molecular flexibility index (Phi) is 4.75. The molecule has 0 fully saturated rings. The Morgan fingerprint density at radius 3 is 2.41 bits per heavy atom. The van der Waals surface area contributed by atoms with E-state index in [2.05, 4.69) is 20.6 Å². The Hall–Kier alpha value is -3.69. The lowest BCUT2D eigenvalue weighted by Gasteiger charge is -2.15. The van der Waals surface area contributed by atoms with Crippen molar-refractivity contribution in [2.45, 2.75) is 6.18 Å². The van der Waals surface area contributed by atoms with E-state index in [1.807, 2.05) is 0 Å². The number of alkyl halides is 3. The summed E-state index contributed by atoms with van der Waals surface area (Å²) < 4.78 is 55.7. The number of aromatic nitrogens is 2. The molecule has 2 aromatic carbocycles. The third-order valence-electron chi connectivity index (χ3n) is 4.08. The second-order valence-corrected chi connectivity index (χ2v) is 6.00. The van der Waals surface area contributed by atoms with Gasteiger partial charge in [-0.2, -0.15) is 18.2 Å². The van der Waals surface area contributed by atoms with Gasteiger partial charge in [0.1, 0.15) is 17.1 Å². The zero-order valence-corrected chi connectivity index (χ0v) is 15.1. The van der Waals surface area contributed by atoms with Gasteiger partial charge >= 0.3 is 6.18 Å². The number of rotatable bonds is 5. The Labute approximate surface area is 163 Å². The molecule has 0 saturated carbocycles. The van der Waals surface area contributed by atoms with E-state index in [0.717, 1.165) is 6.20 Å². The molecule has 0 unspecified atom stereocenters. The van der Waals surface area contributed by atoms with Gasteiger partial charge in [-0.3, -0.25) is 0 Å². The van der Waals surface area contributed by atoms with E-state index >= 15 is 0 Å². The molecule has 2 heterocycles. The van der Waals surface area contributed by atoms with Gasteiger partial charge in [0.25, 0.3) is 0 Å². The lowest BCUT2D eigenvalue weighted by Crippen LogP contribution is -2.12. The number of benzene rings is 2. The second-order valence-electron chi connectivity index (χ2n) is 6.00. The predicted octanol–water partition coefficient (Wildman–Crippen LogP) is 4.72. The summed E-state index contributed by atoms with van der Waals surface area (Å²) in [6.07, 6.45) is -3.89. The minimum Gasteiger partial charge on any atom is -0.497 e. The van der Waals surface area contributed by atoms with Gasteiger partial charge in [0, 0.05) is 23.6 Å². The largest absolute Gasteiger partial charge is 0.497 e. The predicted molar refractivity (Wildman–Crippen MR) is 99.2 cm³/mol. The third kappa shape index (κ3) is 4.10. The SMILES string of the molecule is COc1ccc(Nc2nc(Nc3ccc4c(c3)OCO4)ncc2C(F)(F)F)cc1. The van der Waals surface area contributed by atoms with Crippen LogP contribution in [0.1, 0.15) is 5.56 Å². The summed E-state index contributed by atoms with van der Waals surface area (Å²) in [4.78, 5) is 7.80. The van der Waals surface area contributed by atoms with Crippen LogP contribution in [0.2, 0.25) is 0 Å². The molecule has 150 valence electrons. The van der Waals surface area contributed by atoms with E-state index in [1.165, 1.54) is 7.11 Å². The third-order valence-corrected chi connectivity index (χ3v) is 4.08. The molecule has 0 radical (unpaired) electrons. The molecule has 0 atom stereocenters. The van der Waals surface area contributed by atoms with E-state index in [0.29, 0.717) is 28.6 Å². The molecule has 1 aromatic heterocycles. The lowest BCUT2D eigenvalue weighted by molar-refractivity contribution is -0.137. The molecule has 2 N–H and O–H groups in total. The van der Waals surface area contributed by atoms with Gasteiger partial charge in [0.15, 0.2) is 11.5 Å². The zero-order valence-electron chi connectivity index (χ0n) is 15.1. The Bertz CT molecular complexity index is 1030. The molecule has 0 bridgehead atoms. The molecule has 1 aliphatic heterocycles. The normalized spacial score (nSPS) is 12.6. The summed E-state index contributed by atoms with van der Waals surface area (Å²) in [5.41, 5.74) is -0.0157. The highest BCUT2D eigenvalue weighted by Gasteiger charge is 2.35. The highest BCUT2D eigenvalue weighted by molar-refractivity contribution is 5.65. The second kappa shape index (κ2) is 7.38. The maximum atomic E-state index is 13.4. The van der Waals surface area contributed by atoms with Gasteiger partial charge in [0.05, 0.1) is 7.11 Å². The van der Waals surface area contributed by atoms with E-state index in [9.17, 15) is 13.2 Å². The van der Waals surface area contributed by atoms with Crippen molar-refractivity contribution in [3.8, 4) is 17.2 Å². The maximum Gasteiger partial charge on any atom is 0.421 e. The monoisotopic (exact) mass is 404 g/mol. The minimum absolute atomic E-state index is 0.00660. The number of nitrogens with one attached hydrogen (secondary N) is 2. The highest BCUT2D eigenvalue weighted by Crippen LogP contribution is 2.37. The summed E-state index contributed by atoms with van der Waals surface area (Å²) in [6, 6.07) is 11.5. The van der Waals surface area contributed by atoms with Crippen LogP contribution in [0.3, 0.4) is 0 Å². The van der Waals surface area contributed by atoms with Crippen LogP contribution in [-0.2, 0) is 6.18 Å². The summed E-state index contributed by atoms with van der Waals surface area (Å²) >= 11 is 0. The van der Waals surface area contributed by atoms with Crippen molar-refractivity contribution in [3.63, 3.8) is 0 Å². The summed E-state index contributed by atoms with van der Waals surface area (Å²) in [6.45, 7) is 0.117. The number of fused-ring (bicyclic) bond motifs is 1. The number of hydrogen-bond acceptors (Lipinski definition) is 7. The first-order chi connectivity index (χ1) is 13.9. The highest BCUT2D eigenvalue weighted by atomic mass is 19.4. The number of anilines is 4. The van der Waals surface area contributed by atoms with Crippen LogP contribution < -0.4 is 24.8 Å². The number of hydrogen-bond donors (Lipinski definition) is 2. The molecule has 3 aromatic rings. The van der Waals surface area contributed by atoms with Gasteiger partial charge < -0.3 is 24.8 Å². The van der Waals surface area contributed by atoms with E-state index in [-0.39, 0.29) is 18.6 Å². The first-order valence-electron chi connectivity index (χ1n) is 8.44. The summed E-state index contributed by atoms with van der Waals surface area (Å²) in [7, 11) is 1.50. The van der Waals surface area contributed by atoms with Crippen molar-refractivity contribution in [1.82, 2.24) is 9.97 Å². The fraction of sp³-hybridized carbons (Fsp3) is 0.158. The molecule has 0 amide bonds. The fourth-order valence-corrected chi connectivity index (χ4v) is 2.66. The average molecular weight is 404 g/mol. The minimum atomic E-state index is -4.62. The Morgan fingerprint density at radius 1 is 0.966 bits per heavy atom. The molecular formula is C19H15F3N4O3. The van der Waals surface area contributed by atoms with E-state index in [4.69, 9.17) is 14.2 Å². The van der Waals surface area contributed by atoms with Gasteiger partial charge in [-0.1, -0.05) is 0 Å². The molecule has 0 spiro atoms. The number of methoxy groups -OCH3 is 1. The quantitative estimate of drug-likeness (QED) is 0.637. The van der Waals surface area contributed by atoms with Gasteiger partial charge in [-0.15, -0.1) is 0 Å². The first-order valence-corrected chi connectivity index (χ1v) is 8.44.